The number of hydrogen-bond acceptors (Lipinski definition) is 4. The van der Waals surface area contributed by atoms with Gasteiger partial charge in [-0.2, -0.15) is 0 Å². The van der Waals surface area contributed by atoms with Gasteiger partial charge >= 0.3 is 0 Å². The van der Waals surface area contributed by atoms with Gasteiger partial charge in [0.1, 0.15) is 17.1 Å². The number of benzene rings is 2. The summed E-state index contributed by atoms with van der Waals surface area (Å²) in [6, 6.07) is 11.9. The molecule has 4 nitrogen and oxygen atoms in total. The number of carbonyl (C=O) groups excluding carboxylic acids is 1. The third-order valence-corrected chi connectivity index (χ3v) is 3.59. The van der Waals surface area contributed by atoms with E-state index in [0.717, 1.165) is 5.39 Å². The number of fused-ring (bicyclic) bond motifs is 1. The van der Waals surface area contributed by atoms with Crippen LogP contribution in [0.2, 0.25) is 5.02 Å². The molecule has 0 aliphatic heterocycles. The molecule has 1 heterocycles. The van der Waals surface area contributed by atoms with E-state index in [4.69, 9.17) is 25.5 Å². The first-order valence-corrected chi connectivity index (χ1v) is 6.96. The molecule has 22 heavy (non-hydrogen) atoms. The summed E-state index contributed by atoms with van der Waals surface area (Å²) in [6.07, 6.45) is 0. The van der Waals surface area contributed by atoms with Gasteiger partial charge in [0.05, 0.1) is 19.8 Å². The Bertz CT molecular complexity index is 851. The van der Waals surface area contributed by atoms with E-state index in [1.54, 1.807) is 49.6 Å². The van der Waals surface area contributed by atoms with E-state index in [1.807, 2.05) is 0 Å². The Morgan fingerprint density at radius 2 is 1.86 bits per heavy atom. The van der Waals surface area contributed by atoms with Crippen molar-refractivity contribution in [1.29, 1.82) is 0 Å². The predicted molar refractivity (Wildman–Crippen MR) is 84.2 cm³/mol. The third kappa shape index (κ3) is 2.53. The lowest BCUT2D eigenvalue weighted by Gasteiger charge is -2.08. The molecule has 0 atom stereocenters. The number of rotatable bonds is 4. The van der Waals surface area contributed by atoms with E-state index >= 15 is 0 Å². The molecule has 0 saturated heterocycles. The monoisotopic (exact) mass is 316 g/mol. The van der Waals surface area contributed by atoms with Gasteiger partial charge in [0.15, 0.2) is 5.76 Å². The predicted octanol–water partition coefficient (Wildman–Crippen LogP) is 4.33. The number of carbonyl (C=O) groups is 1. The lowest BCUT2D eigenvalue weighted by molar-refractivity contribution is 0.101. The highest BCUT2D eigenvalue weighted by molar-refractivity contribution is 6.31. The first-order valence-electron chi connectivity index (χ1n) is 6.58. The molecular weight excluding hydrogens is 304 g/mol. The first-order chi connectivity index (χ1) is 10.6. The number of furan rings is 1. The van der Waals surface area contributed by atoms with E-state index in [1.165, 1.54) is 7.11 Å². The summed E-state index contributed by atoms with van der Waals surface area (Å²) in [5.41, 5.74) is 1.02. The van der Waals surface area contributed by atoms with Gasteiger partial charge in [-0.3, -0.25) is 4.79 Å². The van der Waals surface area contributed by atoms with Gasteiger partial charge in [0.2, 0.25) is 5.78 Å². The molecule has 5 heteroatoms. The molecular formula is C17H13ClO4. The smallest absolute Gasteiger partial charge is 0.231 e. The molecule has 0 amide bonds. The molecule has 1 aromatic heterocycles. The summed E-state index contributed by atoms with van der Waals surface area (Å²) in [5.74, 6) is 1.03. The Morgan fingerprint density at radius 3 is 2.59 bits per heavy atom. The number of halogens is 1. The zero-order chi connectivity index (χ0) is 15.7. The van der Waals surface area contributed by atoms with Crippen LogP contribution in [-0.2, 0) is 0 Å². The minimum absolute atomic E-state index is 0.237. The number of hydrogen-bond donors (Lipinski definition) is 0. The lowest BCUT2D eigenvalue weighted by atomic mass is 10.1. The number of ketones is 1. The van der Waals surface area contributed by atoms with Crippen LogP contribution in [0.25, 0.3) is 11.0 Å². The maximum absolute atomic E-state index is 12.6. The molecule has 0 radical (unpaired) electrons. The van der Waals surface area contributed by atoms with E-state index < -0.39 is 0 Å². The van der Waals surface area contributed by atoms with Crippen LogP contribution in [0.5, 0.6) is 11.5 Å². The van der Waals surface area contributed by atoms with Gasteiger partial charge in [-0.15, -0.1) is 0 Å². The molecule has 0 saturated carbocycles. The fourth-order valence-electron chi connectivity index (χ4n) is 2.24. The average Bonchev–Trinajstić information content (AvgIpc) is 2.96. The number of ether oxygens (including phenoxy) is 2. The zero-order valence-corrected chi connectivity index (χ0v) is 12.8. The highest BCUT2D eigenvalue weighted by Gasteiger charge is 2.19. The highest BCUT2D eigenvalue weighted by atomic mass is 35.5. The van der Waals surface area contributed by atoms with Crippen LogP contribution in [0.1, 0.15) is 16.1 Å². The van der Waals surface area contributed by atoms with Crippen LogP contribution in [0.4, 0.5) is 0 Å². The van der Waals surface area contributed by atoms with Gasteiger partial charge in [0, 0.05) is 16.5 Å². The molecule has 3 rings (SSSR count). The van der Waals surface area contributed by atoms with Crippen molar-refractivity contribution < 1.29 is 18.7 Å². The van der Waals surface area contributed by atoms with Crippen molar-refractivity contribution >= 4 is 28.4 Å². The molecule has 3 aromatic rings. The molecule has 0 unspecified atom stereocenters. The second kappa shape index (κ2) is 5.73. The Labute approximate surface area is 132 Å². The van der Waals surface area contributed by atoms with Crippen LogP contribution in [0.3, 0.4) is 0 Å². The third-order valence-electron chi connectivity index (χ3n) is 3.36. The topological polar surface area (TPSA) is 48.7 Å². The average molecular weight is 317 g/mol. The second-order valence-electron chi connectivity index (χ2n) is 4.69. The maximum Gasteiger partial charge on any atom is 0.231 e. The van der Waals surface area contributed by atoms with E-state index in [2.05, 4.69) is 0 Å². The zero-order valence-electron chi connectivity index (χ0n) is 12.1. The van der Waals surface area contributed by atoms with Gasteiger partial charge in [-0.05, 0) is 36.4 Å². The van der Waals surface area contributed by atoms with E-state index in [-0.39, 0.29) is 11.5 Å². The first kappa shape index (κ1) is 14.5. The van der Waals surface area contributed by atoms with Gasteiger partial charge < -0.3 is 13.9 Å². The van der Waals surface area contributed by atoms with Crippen LogP contribution in [-0.4, -0.2) is 20.0 Å². The Kier molecular flexibility index (Phi) is 3.77. The van der Waals surface area contributed by atoms with Crippen molar-refractivity contribution in [2.24, 2.45) is 0 Å². The van der Waals surface area contributed by atoms with Gasteiger partial charge in [-0.25, -0.2) is 0 Å². The standard InChI is InChI=1S/C17H13ClO4/c1-20-12-4-5-13(15(9-12)21-2)17(19)16-8-10-7-11(18)3-6-14(10)22-16/h3-9H,1-2H3. The maximum atomic E-state index is 12.6. The molecule has 0 N–H and O–H groups in total. The SMILES string of the molecule is COc1ccc(C(=O)c2cc3cc(Cl)ccc3o2)c(OC)c1. The summed E-state index contributed by atoms with van der Waals surface area (Å²) < 4.78 is 16.0. The fourth-order valence-corrected chi connectivity index (χ4v) is 2.43. The highest BCUT2D eigenvalue weighted by Crippen LogP contribution is 2.29. The largest absolute Gasteiger partial charge is 0.497 e. The molecule has 0 aliphatic rings. The summed E-state index contributed by atoms with van der Waals surface area (Å²) in [5, 5.41) is 1.37. The van der Waals surface area contributed by atoms with Crippen LogP contribution in [0, 0.1) is 0 Å². The molecule has 0 fully saturated rings. The van der Waals surface area contributed by atoms with Crippen LogP contribution in [0.15, 0.2) is 46.9 Å². The van der Waals surface area contributed by atoms with Crippen molar-refractivity contribution in [2.75, 3.05) is 14.2 Å². The van der Waals surface area contributed by atoms with E-state index in [0.29, 0.717) is 27.7 Å². The Morgan fingerprint density at radius 1 is 1.05 bits per heavy atom. The fraction of sp³-hybridized carbons (Fsp3) is 0.118. The quantitative estimate of drug-likeness (QED) is 0.672. The van der Waals surface area contributed by atoms with Crippen LogP contribution >= 0.6 is 11.6 Å². The summed E-state index contributed by atoms with van der Waals surface area (Å²) >= 11 is 5.95. The van der Waals surface area contributed by atoms with Crippen molar-refractivity contribution in [1.82, 2.24) is 0 Å². The summed E-state index contributed by atoms with van der Waals surface area (Å²) in [4.78, 5) is 12.6. The van der Waals surface area contributed by atoms with Crippen molar-refractivity contribution in [3.8, 4) is 11.5 Å². The van der Waals surface area contributed by atoms with Crippen molar-refractivity contribution in [3.05, 3.63) is 58.8 Å². The molecule has 112 valence electrons. The Hall–Kier alpha value is -2.46. The molecule has 0 aliphatic carbocycles. The van der Waals surface area contributed by atoms with Gasteiger partial charge in [0.25, 0.3) is 0 Å². The van der Waals surface area contributed by atoms with Crippen molar-refractivity contribution in [2.45, 2.75) is 0 Å². The second-order valence-corrected chi connectivity index (χ2v) is 5.12. The molecule has 0 bridgehead atoms. The van der Waals surface area contributed by atoms with E-state index in [9.17, 15) is 4.79 Å². The number of methoxy groups -OCH3 is 2. The van der Waals surface area contributed by atoms with Crippen LogP contribution < -0.4 is 9.47 Å². The summed E-state index contributed by atoms with van der Waals surface area (Å²) in [6.45, 7) is 0. The van der Waals surface area contributed by atoms with Crippen molar-refractivity contribution in [3.63, 3.8) is 0 Å². The minimum Gasteiger partial charge on any atom is -0.497 e. The van der Waals surface area contributed by atoms with Gasteiger partial charge in [-0.1, -0.05) is 11.6 Å². The lowest BCUT2D eigenvalue weighted by Crippen LogP contribution is -2.03. The normalized spacial score (nSPS) is 10.7. The summed E-state index contributed by atoms with van der Waals surface area (Å²) in [7, 11) is 3.06. The minimum atomic E-state index is -0.258. The molecule has 0 spiro atoms. The molecule has 2 aromatic carbocycles. The Balaban J connectivity index is 2.05.